The van der Waals surface area contributed by atoms with Crippen LogP contribution in [0.1, 0.15) is 5.69 Å². The maximum atomic E-state index is 12.6. The van der Waals surface area contributed by atoms with Gasteiger partial charge < -0.3 is 10.1 Å². The average molecular weight is 239 g/mol. The average Bonchev–Trinajstić information content (AvgIpc) is 2.38. The number of morpholine rings is 1. The van der Waals surface area contributed by atoms with Crippen molar-refractivity contribution in [2.45, 2.75) is 6.54 Å². The smallest absolute Gasteiger partial charge is 0.141 e. The fourth-order valence-electron chi connectivity index (χ4n) is 1.79. The Balaban J connectivity index is 1.60. The van der Waals surface area contributed by atoms with E-state index in [4.69, 9.17) is 4.74 Å². The Morgan fingerprint density at radius 1 is 1.35 bits per heavy atom. The Morgan fingerprint density at radius 3 is 2.88 bits per heavy atom. The van der Waals surface area contributed by atoms with Gasteiger partial charge in [0.15, 0.2) is 0 Å². The molecule has 1 aliphatic rings. The molecule has 2 rings (SSSR count). The Hall–Kier alpha value is -1.04. The van der Waals surface area contributed by atoms with Crippen LogP contribution < -0.4 is 5.32 Å². The molecule has 1 saturated heterocycles. The van der Waals surface area contributed by atoms with Gasteiger partial charge in [0.2, 0.25) is 0 Å². The standard InChI is InChI=1S/C12H18FN3O/c13-11-1-2-12(15-9-11)10-14-3-4-16-5-7-17-8-6-16/h1-2,9,14H,3-8,10H2. The van der Waals surface area contributed by atoms with Crippen molar-refractivity contribution in [3.05, 3.63) is 29.8 Å². The molecule has 1 aromatic rings. The predicted octanol–water partition coefficient (Wildman–Crippen LogP) is 0.642. The molecular weight excluding hydrogens is 221 g/mol. The summed E-state index contributed by atoms with van der Waals surface area (Å²) in [5.74, 6) is -0.290. The first-order valence-electron chi connectivity index (χ1n) is 5.96. The van der Waals surface area contributed by atoms with Crippen LogP contribution >= 0.6 is 0 Å². The molecule has 94 valence electrons. The summed E-state index contributed by atoms with van der Waals surface area (Å²) in [5, 5.41) is 3.30. The summed E-state index contributed by atoms with van der Waals surface area (Å²) in [7, 11) is 0. The van der Waals surface area contributed by atoms with Gasteiger partial charge in [-0.1, -0.05) is 0 Å². The van der Waals surface area contributed by atoms with Gasteiger partial charge in [-0.15, -0.1) is 0 Å². The van der Waals surface area contributed by atoms with Crippen LogP contribution in [-0.4, -0.2) is 49.3 Å². The van der Waals surface area contributed by atoms with Gasteiger partial charge in [-0.2, -0.15) is 0 Å². The van der Waals surface area contributed by atoms with Crippen molar-refractivity contribution in [1.82, 2.24) is 15.2 Å². The van der Waals surface area contributed by atoms with Crippen molar-refractivity contribution in [1.29, 1.82) is 0 Å². The molecule has 0 aliphatic carbocycles. The summed E-state index contributed by atoms with van der Waals surface area (Å²) in [6.07, 6.45) is 1.25. The minimum Gasteiger partial charge on any atom is -0.379 e. The van der Waals surface area contributed by atoms with Crippen molar-refractivity contribution in [3.8, 4) is 0 Å². The highest BCUT2D eigenvalue weighted by Crippen LogP contribution is 1.98. The molecular formula is C12H18FN3O. The Kier molecular flexibility index (Phi) is 4.85. The number of nitrogens with zero attached hydrogens (tertiary/aromatic N) is 2. The lowest BCUT2D eigenvalue weighted by Crippen LogP contribution is -2.40. The molecule has 0 unspecified atom stereocenters. The Bertz CT molecular complexity index is 325. The molecule has 1 fully saturated rings. The van der Waals surface area contributed by atoms with Crippen LogP contribution in [0.4, 0.5) is 4.39 Å². The van der Waals surface area contributed by atoms with Crippen LogP contribution in [0.15, 0.2) is 18.3 Å². The number of hydrogen-bond donors (Lipinski definition) is 1. The summed E-state index contributed by atoms with van der Waals surface area (Å²) in [6, 6.07) is 3.14. The zero-order valence-electron chi connectivity index (χ0n) is 9.86. The molecule has 17 heavy (non-hydrogen) atoms. The second-order valence-electron chi connectivity index (χ2n) is 4.10. The lowest BCUT2D eigenvalue weighted by molar-refractivity contribution is 0.0384. The van der Waals surface area contributed by atoms with Crippen LogP contribution in [0.5, 0.6) is 0 Å². The van der Waals surface area contributed by atoms with Crippen LogP contribution in [0.3, 0.4) is 0 Å². The number of hydrogen-bond acceptors (Lipinski definition) is 4. The first-order chi connectivity index (χ1) is 8.34. The first kappa shape index (κ1) is 12.4. The molecule has 0 saturated carbocycles. The number of rotatable bonds is 5. The fraction of sp³-hybridized carbons (Fsp3) is 0.583. The Morgan fingerprint density at radius 2 is 2.18 bits per heavy atom. The second kappa shape index (κ2) is 6.64. The van der Waals surface area contributed by atoms with E-state index in [2.05, 4.69) is 15.2 Å². The minimum atomic E-state index is -0.290. The largest absolute Gasteiger partial charge is 0.379 e. The lowest BCUT2D eigenvalue weighted by Gasteiger charge is -2.26. The summed E-state index contributed by atoms with van der Waals surface area (Å²) in [5.41, 5.74) is 0.869. The van der Waals surface area contributed by atoms with Gasteiger partial charge in [-0.25, -0.2) is 4.39 Å². The van der Waals surface area contributed by atoms with Crippen LogP contribution in [-0.2, 0) is 11.3 Å². The van der Waals surface area contributed by atoms with Crippen molar-refractivity contribution in [2.75, 3.05) is 39.4 Å². The second-order valence-corrected chi connectivity index (χ2v) is 4.10. The molecule has 0 aromatic carbocycles. The van der Waals surface area contributed by atoms with Crippen molar-refractivity contribution in [2.24, 2.45) is 0 Å². The van der Waals surface area contributed by atoms with E-state index in [9.17, 15) is 4.39 Å². The van der Waals surface area contributed by atoms with E-state index in [1.54, 1.807) is 6.07 Å². The molecule has 5 heteroatoms. The molecule has 0 amide bonds. The van der Waals surface area contributed by atoms with Gasteiger partial charge in [0.25, 0.3) is 0 Å². The molecule has 1 N–H and O–H groups in total. The molecule has 0 atom stereocenters. The van der Waals surface area contributed by atoms with Gasteiger partial charge in [-0.05, 0) is 12.1 Å². The topological polar surface area (TPSA) is 37.4 Å². The number of nitrogens with one attached hydrogen (secondary N) is 1. The zero-order valence-corrected chi connectivity index (χ0v) is 9.86. The fourth-order valence-corrected chi connectivity index (χ4v) is 1.79. The normalized spacial score (nSPS) is 17.2. The molecule has 1 aromatic heterocycles. The number of aromatic nitrogens is 1. The monoisotopic (exact) mass is 239 g/mol. The van der Waals surface area contributed by atoms with E-state index in [1.807, 2.05) is 0 Å². The van der Waals surface area contributed by atoms with Crippen molar-refractivity contribution >= 4 is 0 Å². The molecule has 1 aliphatic heterocycles. The lowest BCUT2D eigenvalue weighted by atomic mass is 10.3. The van der Waals surface area contributed by atoms with E-state index in [0.29, 0.717) is 6.54 Å². The maximum Gasteiger partial charge on any atom is 0.141 e. The number of ether oxygens (including phenoxy) is 1. The first-order valence-corrected chi connectivity index (χ1v) is 5.96. The summed E-state index contributed by atoms with van der Waals surface area (Å²) < 4.78 is 17.9. The van der Waals surface area contributed by atoms with Crippen LogP contribution in [0.25, 0.3) is 0 Å². The molecule has 4 nitrogen and oxygen atoms in total. The summed E-state index contributed by atoms with van der Waals surface area (Å²) in [4.78, 5) is 6.36. The van der Waals surface area contributed by atoms with Gasteiger partial charge in [0, 0.05) is 32.7 Å². The van der Waals surface area contributed by atoms with Gasteiger partial charge in [0.1, 0.15) is 5.82 Å². The highest BCUT2D eigenvalue weighted by Gasteiger charge is 2.08. The molecule has 0 bridgehead atoms. The van der Waals surface area contributed by atoms with E-state index in [1.165, 1.54) is 12.3 Å². The van der Waals surface area contributed by atoms with E-state index in [-0.39, 0.29) is 5.82 Å². The molecule has 2 heterocycles. The van der Waals surface area contributed by atoms with Gasteiger partial charge in [0.05, 0.1) is 25.1 Å². The minimum absolute atomic E-state index is 0.290. The SMILES string of the molecule is Fc1ccc(CNCCN2CCOCC2)nc1. The van der Waals surface area contributed by atoms with E-state index < -0.39 is 0 Å². The van der Waals surface area contributed by atoms with Crippen LogP contribution in [0.2, 0.25) is 0 Å². The van der Waals surface area contributed by atoms with Gasteiger partial charge in [-0.3, -0.25) is 9.88 Å². The van der Waals surface area contributed by atoms with Crippen molar-refractivity contribution in [3.63, 3.8) is 0 Å². The summed E-state index contributed by atoms with van der Waals surface area (Å²) >= 11 is 0. The predicted molar refractivity (Wildman–Crippen MR) is 63.2 cm³/mol. The third-order valence-electron chi connectivity index (χ3n) is 2.80. The third-order valence-corrected chi connectivity index (χ3v) is 2.80. The van der Waals surface area contributed by atoms with Crippen LogP contribution in [0, 0.1) is 5.82 Å². The quantitative estimate of drug-likeness (QED) is 0.765. The Labute approximate surface area is 101 Å². The third kappa shape index (κ3) is 4.38. The summed E-state index contributed by atoms with van der Waals surface area (Å²) in [6.45, 7) is 6.31. The van der Waals surface area contributed by atoms with E-state index >= 15 is 0 Å². The zero-order chi connectivity index (χ0) is 11.9. The van der Waals surface area contributed by atoms with E-state index in [0.717, 1.165) is 45.1 Å². The van der Waals surface area contributed by atoms with Gasteiger partial charge >= 0.3 is 0 Å². The highest BCUT2D eigenvalue weighted by molar-refractivity contribution is 5.04. The molecule has 0 radical (unpaired) electrons. The number of pyridine rings is 1. The maximum absolute atomic E-state index is 12.6. The van der Waals surface area contributed by atoms with Crippen molar-refractivity contribution < 1.29 is 9.13 Å². The molecule has 0 spiro atoms. The number of halogens is 1. The highest BCUT2D eigenvalue weighted by atomic mass is 19.1.